The molecule has 2 nitrogen and oxygen atoms in total. The molecule has 0 aliphatic rings. The third-order valence-corrected chi connectivity index (χ3v) is 3.44. The second-order valence-corrected chi connectivity index (χ2v) is 5.18. The Morgan fingerprint density at radius 3 is 2.60 bits per heavy atom. The third-order valence-electron chi connectivity index (χ3n) is 2.61. The zero-order valence-corrected chi connectivity index (χ0v) is 11.1. The van der Waals surface area contributed by atoms with E-state index in [9.17, 15) is 22.4 Å². The number of ketones is 1. The lowest BCUT2D eigenvalue weighted by atomic mass is 10.0. The number of aryl methyl sites for hydroxylation is 1. The van der Waals surface area contributed by atoms with Crippen molar-refractivity contribution in [2.75, 3.05) is 0 Å². The zero-order chi connectivity index (χ0) is 14.9. The highest BCUT2D eigenvalue weighted by atomic mass is 32.1. The van der Waals surface area contributed by atoms with Crippen LogP contribution in [0.3, 0.4) is 0 Å². The number of carbonyl (C=O) groups is 1. The van der Waals surface area contributed by atoms with Gasteiger partial charge in [-0.2, -0.15) is 13.2 Å². The van der Waals surface area contributed by atoms with E-state index in [0.29, 0.717) is 11.8 Å². The maximum atomic E-state index is 13.8. The Labute approximate surface area is 116 Å². The fourth-order valence-electron chi connectivity index (χ4n) is 1.72. The van der Waals surface area contributed by atoms with Crippen LogP contribution in [0.1, 0.15) is 26.6 Å². The molecule has 20 heavy (non-hydrogen) atoms. The normalized spacial score (nSPS) is 11.7. The average Bonchev–Trinajstić information content (AvgIpc) is 2.73. The first-order valence-electron chi connectivity index (χ1n) is 5.59. The molecule has 0 aliphatic heterocycles. The minimum absolute atomic E-state index is 0.220. The van der Waals surface area contributed by atoms with Crippen molar-refractivity contribution < 1.29 is 22.4 Å². The van der Waals surface area contributed by atoms with Crippen LogP contribution in [0.25, 0.3) is 0 Å². The molecule has 1 aromatic heterocycles. The van der Waals surface area contributed by atoms with Crippen molar-refractivity contribution in [3.8, 4) is 0 Å². The van der Waals surface area contributed by atoms with Crippen LogP contribution in [0.4, 0.5) is 17.6 Å². The molecule has 1 aromatic carbocycles. The van der Waals surface area contributed by atoms with Crippen molar-refractivity contribution >= 4 is 17.1 Å². The number of aromatic nitrogens is 1. The largest absolute Gasteiger partial charge is 0.419 e. The maximum absolute atomic E-state index is 13.8. The fourth-order valence-corrected chi connectivity index (χ4v) is 2.33. The maximum Gasteiger partial charge on any atom is 0.419 e. The first-order chi connectivity index (χ1) is 9.29. The number of halogens is 4. The Morgan fingerprint density at radius 1 is 1.35 bits per heavy atom. The predicted octanol–water partition coefficient (Wildman–Crippen LogP) is 4.03. The Hall–Kier alpha value is -1.76. The fraction of sp³-hybridized carbons (Fsp3) is 0.231. The molecular weight excluding hydrogens is 294 g/mol. The first-order valence-corrected chi connectivity index (χ1v) is 6.47. The summed E-state index contributed by atoms with van der Waals surface area (Å²) >= 11 is 1.32. The van der Waals surface area contributed by atoms with E-state index in [1.54, 1.807) is 12.3 Å². The predicted molar refractivity (Wildman–Crippen MR) is 66.3 cm³/mol. The Kier molecular flexibility index (Phi) is 3.89. The standard InChI is InChI=1S/C13H9F4NOS/c1-7-18-8(6-20-7)5-11(19)9-3-2-4-10(12(9)14)13(15,16)17/h2-4,6H,5H2,1H3. The minimum Gasteiger partial charge on any atom is -0.294 e. The van der Waals surface area contributed by atoms with Crippen LogP contribution in [0.2, 0.25) is 0 Å². The van der Waals surface area contributed by atoms with E-state index in [4.69, 9.17) is 0 Å². The number of thiazole rings is 1. The second kappa shape index (κ2) is 5.32. The molecule has 0 saturated heterocycles. The number of benzene rings is 1. The van der Waals surface area contributed by atoms with Gasteiger partial charge in [0, 0.05) is 5.38 Å². The van der Waals surface area contributed by atoms with E-state index in [-0.39, 0.29) is 6.42 Å². The summed E-state index contributed by atoms with van der Waals surface area (Å²) < 4.78 is 51.4. The van der Waals surface area contributed by atoms with Crippen molar-refractivity contribution in [3.63, 3.8) is 0 Å². The molecule has 1 heterocycles. The van der Waals surface area contributed by atoms with E-state index in [0.717, 1.165) is 17.1 Å². The molecule has 0 spiro atoms. The SMILES string of the molecule is Cc1nc(CC(=O)c2cccc(C(F)(F)F)c2F)cs1. The van der Waals surface area contributed by atoms with Gasteiger partial charge in [-0.05, 0) is 19.1 Å². The van der Waals surface area contributed by atoms with Gasteiger partial charge in [0.1, 0.15) is 5.82 Å². The van der Waals surface area contributed by atoms with Crippen LogP contribution in [0, 0.1) is 12.7 Å². The summed E-state index contributed by atoms with van der Waals surface area (Å²) in [5.74, 6) is -2.25. The molecule has 0 saturated carbocycles. The molecule has 0 fully saturated rings. The van der Waals surface area contributed by atoms with Crippen molar-refractivity contribution in [3.05, 3.63) is 51.2 Å². The highest BCUT2D eigenvalue weighted by molar-refractivity contribution is 7.09. The molecular formula is C13H9F4NOS. The molecule has 2 rings (SSSR count). The minimum atomic E-state index is -4.82. The number of alkyl halides is 3. The number of hydrogen-bond acceptors (Lipinski definition) is 3. The summed E-state index contributed by atoms with van der Waals surface area (Å²) in [6.07, 6.45) is -5.04. The van der Waals surface area contributed by atoms with Crippen LogP contribution in [-0.4, -0.2) is 10.8 Å². The van der Waals surface area contributed by atoms with Gasteiger partial charge >= 0.3 is 6.18 Å². The number of nitrogens with zero attached hydrogens (tertiary/aromatic N) is 1. The molecule has 0 N–H and O–H groups in total. The molecule has 0 aliphatic carbocycles. The number of carbonyl (C=O) groups excluding carboxylic acids is 1. The summed E-state index contributed by atoms with van der Waals surface area (Å²) in [5, 5.41) is 2.36. The van der Waals surface area contributed by atoms with Crippen molar-refractivity contribution in [1.29, 1.82) is 0 Å². The number of Topliss-reactive ketones (excluding diaryl/α,β-unsaturated/α-hetero) is 1. The Bertz CT molecular complexity index is 648. The van der Waals surface area contributed by atoms with Gasteiger partial charge in [-0.3, -0.25) is 4.79 Å². The van der Waals surface area contributed by atoms with Gasteiger partial charge < -0.3 is 0 Å². The molecule has 0 unspecified atom stereocenters. The van der Waals surface area contributed by atoms with Crippen molar-refractivity contribution in [2.45, 2.75) is 19.5 Å². The van der Waals surface area contributed by atoms with Crippen LogP contribution >= 0.6 is 11.3 Å². The van der Waals surface area contributed by atoms with Crippen LogP contribution in [-0.2, 0) is 12.6 Å². The van der Waals surface area contributed by atoms with E-state index < -0.39 is 28.9 Å². The van der Waals surface area contributed by atoms with Gasteiger partial charge in [0.05, 0.1) is 28.2 Å². The van der Waals surface area contributed by atoms with Crippen LogP contribution in [0.15, 0.2) is 23.6 Å². The average molecular weight is 303 g/mol. The molecule has 0 atom stereocenters. The highest BCUT2D eigenvalue weighted by Crippen LogP contribution is 2.32. The summed E-state index contributed by atoms with van der Waals surface area (Å²) in [6, 6.07) is 2.68. The Balaban J connectivity index is 2.31. The molecule has 0 radical (unpaired) electrons. The quantitative estimate of drug-likeness (QED) is 0.633. The lowest BCUT2D eigenvalue weighted by Crippen LogP contribution is -2.13. The van der Waals surface area contributed by atoms with E-state index in [2.05, 4.69) is 4.98 Å². The van der Waals surface area contributed by atoms with Gasteiger partial charge in [0.25, 0.3) is 0 Å². The summed E-state index contributed by atoms with van der Waals surface area (Å²) in [7, 11) is 0. The van der Waals surface area contributed by atoms with Gasteiger partial charge in [-0.25, -0.2) is 9.37 Å². The van der Waals surface area contributed by atoms with Gasteiger partial charge in [0.15, 0.2) is 5.78 Å². The first kappa shape index (κ1) is 14.6. The van der Waals surface area contributed by atoms with Gasteiger partial charge in [-0.15, -0.1) is 11.3 Å². The van der Waals surface area contributed by atoms with Crippen LogP contribution < -0.4 is 0 Å². The van der Waals surface area contributed by atoms with Crippen LogP contribution in [0.5, 0.6) is 0 Å². The summed E-state index contributed by atoms with van der Waals surface area (Å²) in [5.41, 5.74) is -1.57. The smallest absolute Gasteiger partial charge is 0.294 e. The van der Waals surface area contributed by atoms with Gasteiger partial charge in [0.2, 0.25) is 0 Å². The summed E-state index contributed by atoms with van der Waals surface area (Å²) in [6.45, 7) is 1.74. The lowest BCUT2D eigenvalue weighted by Gasteiger charge is -2.10. The zero-order valence-electron chi connectivity index (χ0n) is 10.3. The molecule has 0 bridgehead atoms. The molecule has 7 heteroatoms. The van der Waals surface area contributed by atoms with E-state index in [1.165, 1.54) is 11.3 Å². The summed E-state index contributed by atoms with van der Waals surface area (Å²) in [4.78, 5) is 15.9. The monoisotopic (exact) mass is 303 g/mol. The molecule has 0 amide bonds. The van der Waals surface area contributed by atoms with E-state index >= 15 is 0 Å². The number of rotatable bonds is 3. The molecule has 2 aromatic rings. The Morgan fingerprint density at radius 2 is 2.05 bits per heavy atom. The van der Waals surface area contributed by atoms with Crippen molar-refractivity contribution in [2.24, 2.45) is 0 Å². The van der Waals surface area contributed by atoms with E-state index in [1.807, 2.05) is 0 Å². The third kappa shape index (κ3) is 3.04. The highest BCUT2D eigenvalue weighted by Gasteiger charge is 2.35. The van der Waals surface area contributed by atoms with Crippen molar-refractivity contribution in [1.82, 2.24) is 4.98 Å². The number of hydrogen-bond donors (Lipinski definition) is 0. The van der Waals surface area contributed by atoms with Gasteiger partial charge in [-0.1, -0.05) is 6.07 Å². The molecule has 106 valence electrons. The second-order valence-electron chi connectivity index (χ2n) is 4.12. The lowest BCUT2D eigenvalue weighted by molar-refractivity contribution is -0.140. The topological polar surface area (TPSA) is 30.0 Å².